The number of hydrogen-bond donors (Lipinski definition) is 1. The SMILES string of the molecule is CCn1cncc1COc1cc(C)ccc1[C@H](C)O. The summed E-state index contributed by atoms with van der Waals surface area (Å²) in [4.78, 5) is 4.11. The van der Waals surface area contributed by atoms with Gasteiger partial charge in [-0.15, -0.1) is 0 Å². The van der Waals surface area contributed by atoms with E-state index < -0.39 is 6.10 Å². The molecule has 19 heavy (non-hydrogen) atoms. The standard InChI is InChI=1S/C15H20N2O2/c1-4-17-10-16-8-13(17)9-19-15-7-11(2)5-6-14(15)12(3)18/h5-8,10,12,18H,4,9H2,1-3H3/t12-/m0/s1. The van der Waals surface area contributed by atoms with E-state index in [1.165, 1.54) is 0 Å². The quantitative estimate of drug-likeness (QED) is 0.899. The van der Waals surface area contributed by atoms with Crippen molar-refractivity contribution in [2.24, 2.45) is 0 Å². The van der Waals surface area contributed by atoms with Crippen molar-refractivity contribution in [3.8, 4) is 5.75 Å². The van der Waals surface area contributed by atoms with Gasteiger partial charge in [0.15, 0.2) is 0 Å². The Labute approximate surface area is 113 Å². The van der Waals surface area contributed by atoms with E-state index in [2.05, 4.69) is 11.9 Å². The largest absolute Gasteiger partial charge is 0.487 e. The van der Waals surface area contributed by atoms with Crippen molar-refractivity contribution in [3.05, 3.63) is 47.5 Å². The predicted molar refractivity (Wildman–Crippen MR) is 74.0 cm³/mol. The zero-order chi connectivity index (χ0) is 13.8. The molecular formula is C15H20N2O2. The Morgan fingerprint density at radius 2 is 2.21 bits per heavy atom. The summed E-state index contributed by atoms with van der Waals surface area (Å²) in [7, 11) is 0. The minimum Gasteiger partial charge on any atom is -0.487 e. The number of aliphatic hydroxyl groups excluding tert-OH is 1. The summed E-state index contributed by atoms with van der Waals surface area (Å²) < 4.78 is 7.88. The Morgan fingerprint density at radius 3 is 2.89 bits per heavy atom. The lowest BCUT2D eigenvalue weighted by Crippen LogP contribution is -2.06. The van der Waals surface area contributed by atoms with E-state index in [-0.39, 0.29) is 0 Å². The van der Waals surface area contributed by atoms with Gasteiger partial charge in [-0.25, -0.2) is 4.98 Å². The summed E-state index contributed by atoms with van der Waals surface area (Å²) >= 11 is 0. The van der Waals surface area contributed by atoms with E-state index in [1.54, 1.807) is 19.4 Å². The Bertz CT molecular complexity index is 547. The molecule has 1 heterocycles. The Balaban J connectivity index is 2.17. The lowest BCUT2D eigenvalue weighted by molar-refractivity contribution is 0.189. The average Bonchev–Trinajstić information content (AvgIpc) is 2.83. The van der Waals surface area contributed by atoms with Gasteiger partial charge in [-0.05, 0) is 32.4 Å². The van der Waals surface area contributed by atoms with Crippen LogP contribution in [0.4, 0.5) is 0 Å². The molecule has 2 rings (SSSR count). The highest BCUT2D eigenvalue weighted by Crippen LogP contribution is 2.27. The number of hydrogen-bond acceptors (Lipinski definition) is 3. The van der Waals surface area contributed by atoms with E-state index in [4.69, 9.17) is 4.74 Å². The molecule has 0 spiro atoms. The molecule has 0 bridgehead atoms. The third-order valence-corrected chi connectivity index (χ3v) is 3.13. The van der Waals surface area contributed by atoms with E-state index in [1.807, 2.05) is 29.7 Å². The number of imidazole rings is 1. The summed E-state index contributed by atoms with van der Waals surface area (Å²) in [6.45, 7) is 7.15. The minimum atomic E-state index is -0.535. The van der Waals surface area contributed by atoms with Crippen LogP contribution in [0.25, 0.3) is 0 Å². The molecule has 0 aliphatic carbocycles. The fraction of sp³-hybridized carbons (Fsp3) is 0.400. The van der Waals surface area contributed by atoms with Crippen molar-refractivity contribution >= 4 is 0 Å². The van der Waals surface area contributed by atoms with Gasteiger partial charge in [0.05, 0.1) is 24.3 Å². The summed E-state index contributed by atoms with van der Waals surface area (Å²) in [5, 5.41) is 9.76. The zero-order valence-electron chi connectivity index (χ0n) is 11.6. The molecule has 1 N–H and O–H groups in total. The number of nitrogens with zero attached hydrogens (tertiary/aromatic N) is 2. The number of benzene rings is 1. The van der Waals surface area contributed by atoms with Crippen LogP contribution in [0.15, 0.2) is 30.7 Å². The summed E-state index contributed by atoms with van der Waals surface area (Å²) in [6, 6.07) is 5.84. The number of aromatic nitrogens is 2. The molecule has 0 aliphatic rings. The number of aliphatic hydroxyl groups is 1. The highest BCUT2D eigenvalue weighted by atomic mass is 16.5. The topological polar surface area (TPSA) is 47.3 Å². The van der Waals surface area contributed by atoms with Gasteiger partial charge in [0.25, 0.3) is 0 Å². The molecule has 0 saturated heterocycles. The van der Waals surface area contributed by atoms with Crippen molar-refractivity contribution in [2.45, 2.75) is 40.0 Å². The second kappa shape index (κ2) is 5.89. The molecule has 4 heteroatoms. The third kappa shape index (κ3) is 3.15. The van der Waals surface area contributed by atoms with Crippen molar-refractivity contribution in [1.29, 1.82) is 0 Å². The number of ether oxygens (including phenoxy) is 1. The number of aryl methyl sites for hydroxylation is 2. The molecule has 1 aromatic heterocycles. The molecular weight excluding hydrogens is 240 g/mol. The first-order chi connectivity index (χ1) is 9.11. The predicted octanol–water partition coefficient (Wildman–Crippen LogP) is 2.84. The highest BCUT2D eigenvalue weighted by Gasteiger charge is 2.10. The van der Waals surface area contributed by atoms with Crippen molar-refractivity contribution in [2.75, 3.05) is 0 Å². The smallest absolute Gasteiger partial charge is 0.130 e. The molecule has 1 atom stereocenters. The molecule has 1 aromatic carbocycles. The lowest BCUT2D eigenvalue weighted by Gasteiger charge is -2.14. The van der Waals surface area contributed by atoms with Crippen LogP contribution in [0.3, 0.4) is 0 Å². The van der Waals surface area contributed by atoms with Crippen molar-refractivity contribution < 1.29 is 9.84 Å². The average molecular weight is 260 g/mol. The lowest BCUT2D eigenvalue weighted by atomic mass is 10.1. The second-order valence-corrected chi connectivity index (χ2v) is 4.68. The monoisotopic (exact) mass is 260 g/mol. The maximum Gasteiger partial charge on any atom is 0.130 e. The first-order valence-electron chi connectivity index (χ1n) is 6.52. The zero-order valence-corrected chi connectivity index (χ0v) is 11.6. The molecule has 2 aromatic rings. The van der Waals surface area contributed by atoms with Gasteiger partial charge in [-0.3, -0.25) is 0 Å². The summed E-state index contributed by atoms with van der Waals surface area (Å²) in [5.41, 5.74) is 2.96. The van der Waals surface area contributed by atoms with Crippen LogP contribution in [0, 0.1) is 6.92 Å². The van der Waals surface area contributed by atoms with Gasteiger partial charge in [-0.2, -0.15) is 0 Å². The maximum absolute atomic E-state index is 9.76. The first kappa shape index (κ1) is 13.6. The maximum atomic E-state index is 9.76. The molecule has 0 saturated carbocycles. The second-order valence-electron chi connectivity index (χ2n) is 4.68. The van der Waals surface area contributed by atoms with Crippen LogP contribution in [0.5, 0.6) is 5.75 Å². The first-order valence-corrected chi connectivity index (χ1v) is 6.52. The van der Waals surface area contributed by atoms with Crippen LogP contribution in [-0.4, -0.2) is 14.7 Å². The normalized spacial score (nSPS) is 12.4. The fourth-order valence-corrected chi connectivity index (χ4v) is 2.02. The Hall–Kier alpha value is -1.81. The summed E-state index contributed by atoms with van der Waals surface area (Å²) in [5.74, 6) is 0.735. The Kier molecular flexibility index (Phi) is 4.22. The molecule has 0 amide bonds. The van der Waals surface area contributed by atoms with Crippen LogP contribution < -0.4 is 4.74 Å². The van der Waals surface area contributed by atoms with Gasteiger partial charge in [0.2, 0.25) is 0 Å². The van der Waals surface area contributed by atoms with Crippen LogP contribution in [0.1, 0.15) is 36.8 Å². The molecule has 0 aliphatic heterocycles. The van der Waals surface area contributed by atoms with Gasteiger partial charge >= 0.3 is 0 Å². The Morgan fingerprint density at radius 1 is 1.42 bits per heavy atom. The van der Waals surface area contributed by atoms with Crippen molar-refractivity contribution in [1.82, 2.24) is 9.55 Å². The van der Waals surface area contributed by atoms with Gasteiger partial charge < -0.3 is 14.4 Å². The van der Waals surface area contributed by atoms with Crippen LogP contribution in [-0.2, 0) is 13.2 Å². The van der Waals surface area contributed by atoms with E-state index >= 15 is 0 Å². The van der Waals surface area contributed by atoms with Gasteiger partial charge in [-0.1, -0.05) is 12.1 Å². The number of rotatable bonds is 5. The van der Waals surface area contributed by atoms with E-state index in [9.17, 15) is 5.11 Å². The molecule has 0 fully saturated rings. The molecule has 4 nitrogen and oxygen atoms in total. The van der Waals surface area contributed by atoms with Crippen molar-refractivity contribution in [3.63, 3.8) is 0 Å². The molecule has 0 unspecified atom stereocenters. The molecule has 0 radical (unpaired) electrons. The van der Waals surface area contributed by atoms with Gasteiger partial charge in [0, 0.05) is 12.1 Å². The summed E-state index contributed by atoms with van der Waals surface area (Å²) in [6.07, 6.45) is 3.07. The minimum absolute atomic E-state index is 0.455. The fourth-order valence-electron chi connectivity index (χ4n) is 2.02. The van der Waals surface area contributed by atoms with Gasteiger partial charge in [0.1, 0.15) is 12.4 Å². The van der Waals surface area contributed by atoms with Crippen LogP contribution >= 0.6 is 0 Å². The van der Waals surface area contributed by atoms with E-state index in [0.717, 1.165) is 29.1 Å². The van der Waals surface area contributed by atoms with E-state index in [0.29, 0.717) is 6.61 Å². The highest BCUT2D eigenvalue weighted by molar-refractivity contribution is 5.38. The van der Waals surface area contributed by atoms with Crippen LogP contribution in [0.2, 0.25) is 0 Å². The molecule has 102 valence electrons. The third-order valence-electron chi connectivity index (χ3n) is 3.13.